The number of aromatic amines is 1. The van der Waals surface area contributed by atoms with Crippen molar-refractivity contribution in [3.63, 3.8) is 0 Å². The summed E-state index contributed by atoms with van der Waals surface area (Å²) in [6, 6.07) is 9.88. The molecule has 0 amide bonds. The van der Waals surface area contributed by atoms with Crippen molar-refractivity contribution >= 4 is 33.8 Å². The largest absolute Gasteiger partial charge is 0.342 e. The van der Waals surface area contributed by atoms with Gasteiger partial charge in [-0.3, -0.25) is 0 Å². The first-order valence-corrected chi connectivity index (χ1v) is 6.78. The number of halogens is 1. The summed E-state index contributed by atoms with van der Waals surface area (Å²) in [5, 5.41) is 9.09. The molecule has 0 radical (unpaired) electrons. The molecule has 2 heterocycles. The highest BCUT2D eigenvalue weighted by molar-refractivity contribution is 14.1. The molecule has 0 aliphatic heterocycles. The maximum absolute atomic E-state index is 9.09. The zero-order chi connectivity index (χ0) is 13.4. The summed E-state index contributed by atoms with van der Waals surface area (Å²) < 4.78 is 1.07. The summed E-state index contributed by atoms with van der Waals surface area (Å²) in [5.41, 5.74) is 5.09. The lowest BCUT2D eigenvalue weighted by Gasteiger charge is -2.07. The van der Waals surface area contributed by atoms with Gasteiger partial charge in [0.05, 0.1) is 29.2 Å². The molecule has 2 aromatic heterocycles. The second-order valence-electron chi connectivity index (χ2n) is 4.18. The number of hydrogen-bond acceptors (Lipinski definition) is 3. The third-order valence-corrected chi connectivity index (χ3v) is 3.93. The normalized spacial score (nSPS) is 10.6. The van der Waals surface area contributed by atoms with E-state index in [4.69, 9.17) is 5.26 Å². The molecule has 0 fully saturated rings. The van der Waals surface area contributed by atoms with Crippen LogP contribution in [0.1, 0.15) is 11.1 Å². The smallest absolute Gasteiger partial charge is 0.179 e. The summed E-state index contributed by atoms with van der Waals surface area (Å²) in [7, 11) is 0. The standard InChI is InChI=1S/C14H9IN4/c1-8-9(6-16)3-2-4-10(8)12-5-11(15)13-14(19-12)18-7-17-13/h2-5,7H,1H3,(H,17,18,19). The van der Waals surface area contributed by atoms with Crippen molar-refractivity contribution in [2.24, 2.45) is 0 Å². The number of nitrogens with zero attached hydrogens (tertiary/aromatic N) is 3. The van der Waals surface area contributed by atoms with Gasteiger partial charge in [-0.05, 0) is 47.2 Å². The van der Waals surface area contributed by atoms with Gasteiger partial charge in [0.2, 0.25) is 0 Å². The van der Waals surface area contributed by atoms with Gasteiger partial charge in [0.15, 0.2) is 5.65 Å². The average Bonchev–Trinajstić information content (AvgIpc) is 2.88. The molecule has 5 heteroatoms. The minimum absolute atomic E-state index is 0.677. The van der Waals surface area contributed by atoms with Gasteiger partial charge >= 0.3 is 0 Å². The van der Waals surface area contributed by atoms with E-state index < -0.39 is 0 Å². The first-order valence-electron chi connectivity index (χ1n) is 5.70. The molecule has 0 saturated heterocycles. The molecular weight excluding hydrogens is 351 g/mol. The number of fused-ring (bicyclic) bond motifs is 1. The molecule has 3 aromatic rings. The number of nitriles is 1. The van der Waals surface area contributed by atoms with E-state index in [0.29, 0.717) is 11.2 Å². The van der Waals surface area contributed by atoms with Crippen molar-refractivity contribution in [1.29, 1.82) is 5.26 Å². The van der Waals surface area contributed by atoms with Crippen LogP contribution in [0, 0.1) is 21.8 Å². The van der Waals surface area contributed by atoms with Crippen molar-refractivity contribution in [1.82, 2.24) is 15.0 Å². The van der Waals surface area contributed by atoms with Crippen molar-refractivity contribution in [2.75, 3.05) is 0 Å². The van der Waals surface area contributed by atoms with E-state index in [-0.39, 0.29) is 0 Å². The number of hydrogen-bond donors (Lipinski definition) is 1. The van der Waals surface area contributed by atoms with Crippen LogP contribution in [0.5, 0.6) is 0 Å². The van der Waals surface area contributed by atoms with Crippen LogP contribution in [0.25, 0.3) is 22.4 Å². The van der Waals surface area contributed by atoms with Gasteiger partial charge in [-0.1, -0.05) is 12.1 Å². The van der Waals surface area contributed by atoms with Crippen molar-refractivity contribution in [2.45, 2.75) is 6.92 Å². The fourth-order valence-corrected chi connectivity index (χ4v) is 2.75. The Bertz CT molecular complexity index is 814. The average molecular weight is 360 g/mol. The molecule has 92 valence electrons. The Morgan fingerprint density at radius 2 is 2.21 bits per heavy atom. The molecular formula is C14H9IN4. The van der Waals surface area contributed by atoms with Crippen LogP contribution < -0.4 is 0 Å². The lowest BCUT2D eigenvalue weighted by Crippen LogP contribution is -1.92. The van der Waals surface area contributed by atoms with E-state index in [0.717, 1.165) is 25.9 Å². The van der Waals surface area contributed by atoms with Crippen LogP contribution >= 0.6 is 22.6 Å². The molecule has 19 heavy (non-hydrogen) atoms. The highest BCUT2D eigenvalue weighted by Gasteiger charge is 2.11. The molecule has 0 spiro atoms. The molecule has 0 aliphatic rings. The molecule has 0 bridgehead atoms. The number of pyridine rings is 1. The molecule has 4 nitrogen and oxygen atoms in total. The second kappa shape index (κ2) is 4.63. The number of benzene rings is 1. The quantitative estimate of drug-likeness (QED) is 0.677. The van der Waals surface area contributed by atoms with Crippen LogP contribution in [-0.2, 0) is 0 Å². The minimum atomic E-state index is 0.677. The predicted octanol–water partition coefficient (Wildman–Crippen LogP) is 3.41. The van der Waals surface area contributed by atoms with Gasteiger partial charge in [0.1, 0.15) is 0 Å². The van der Waals surface area contributed by atoms with Crippen LogP contribution in [-0.4, -0.2) is 15.0 Å². The first-order chi connectivity index (χ1) is 9.20. The zero-order valence-electron chi connectivity index (χ0n) is 10.1. The summed E-state index contributed by atoms with van der Waals surface area (Å²) in [5.74, 6) is 0. The Balaban J connectivity index is 2.28. The number of aromatic nitrogens is 3. The number of imidazole rings is 1. The number of nitrogens with one attached hydrogen (secondary N) is 1. The molecule has 0 unspecified atom stereocenters. The minimum Gasteiger partial charge on any atom is -0.342 e. The van der Waals surface area contributed by atoms with E-state index in [9.17, 15) is 0 Å². The molecule has 0 atom stereocenters. The van der Waals surface area contributed by atoms with Crippen LogP contribution in [0.2, 0.25) is 0 Å². The van der Waals surface area contributed by atoms with Gasteiger partial charge in [0.25, 0.3) is 0 Å². The predicted molar refractivity (Wildman–Crippen MR) is 81.5 cm³/mol. The van der Waals surface area contributed by atoms with Crippen molar-refractivity contribution < 1.29 is 0 Å². The highest BCUT2D eigenvalue weighted by atomic mass is 127. The maximum Gasteiger partial charge on any atom is 0.179 e. The van der Waals surface area contributed by atoms with Crippen LogP contribution in [0.4, 0.5) is 0 Å². The molecule has 1 aromatic carbocycles. The third kappa shape index (κ3) is 1.98. The lowest BCUT2D eigenvalue weighted by atomic mass is 10.0. The van der Waals surface area contributed by atoms with Crippen LogP contribution in [0.15, 0.2) is 30.6 Å². The molecule has 3 rings (SSSR count). The SMILES string of the molecule is Cc1c(C#N)cccc1-c1cc(I)c2[nH]cnc2n1. The topological polar surface area (TPSA) is 65.4 Å². The van der Waals surface area contributed by atoms with Crippen molar-refractivity contribution in [3.05, 3.63) is 45.3 Å². The van der Waals surface area contributed by atoms with Gasteiger partial charge < -0.3 is 4.98 Å². The summed E-state index contributed by atoms with van der Waals surface area (Å²) >= 11 is 2.26. The molecule has 0 saturated carbocycles. The maximum atomic E-state index is 9.09. The fourth-order valence-electron chi connectivity index (χ4n) is 2.06. The summed E-state index contributed by atoms with van der Waals surface area (Å²) in [4.78, 5) is 11.8. The summed E-state index contributed by atoms with van der Waals surface area (Å²) in [6.07, 6.45) is 1.64. The second-order valence-corrected chi connectivity index (χ2v) is 5.34. The summed E-state index contributed by atoms with van der Waals surface area (Å²) in [6.45, 7) is 1.94. The third-order valence-electron chi connectivity index (χ3n) is 3.08. The van der Waals surface area contributed by atoms with Crippen molar-refractivity contribution in [3.8, 4) is 17.3 Å². The van der Waals surface area contributed by atoms with Crippen LogP contribution in [0.3, 0.4) is 0 Å². The van der Waals surface area contributed by atoms with Gasteiger partial charge in [-0.15, -0.1) is 0 Å². The Hall–Kier alpha value is -1.94. The molecule has 0 aliphatic carbocycles. The van der Waals surface area contributed by atoms with E-state index >= 15 is 0 Å². The zero-order valence-corrected chi connectivity index (χ0v) is 12.3. The Kier molecular flexibility index (Phi) is 2.95. The fraction of sp³-hybridized carbons (Fsp3) is 0.0714. The Morgan fingerprint density at radius 3 is 3.00 bits per heavy atom. The van der Waals surface area contributed by atoms with E-state index in [1.165, 1.54) is 0 Å². The van der Waals surface area contributed by atoms with E-state index in [1.807, 2.05) is 31.2 Å². The monoisotopic (exact) mass is 360 g/mol. The Morgan fingerprint density at radius 1 is 1.37 bits per heavy atom. The van der Waals surface area contributed by atoms with Gasteiger partial charge in [0, 0.05) is 9.13 Å². The van der Waals surface area contributed by atoms with E-state index in [1.54, 1.807) is 6.33 Å². The highest BCUT2D eigenvalue weighted by Crippen LogP contribution is 2.27. The Labute approximate surface area is 123 Å². The lowest BCUT2D eigenvalue weighted by molar-refractivity contribution is 1.29. The first kappa shape index (κ1) is 12.1. The van der Waals surface area contributed by atoms with Gasteiger partial charge in [-0.25, -0.2) is 9.97 Å². The number of rotatable bonds is 1. The van der Waals surface area contributed by atoms with Gasteiger partial charge in [-0.2, -0.15) is 5.26 Å². The number of H-pyrrole nitrogens is 1. The molecule has 1 N–H and O–H groups in total. The van der Waals surface area contributed by atoms with E-state index in [2.05, 4.69) is 43.6 Å².